The molecule has 0 aromatic carbocycles. The molecule has 0 radical (unpaired) electrons. The normalized spacial score (nSPS) is 43.1. The lowest BCUT2D eigenvalue weighted by Crippen LogP contribution is -2.22. The summed E-state index contributed by atoms with van der Waals surface area (Å²) >= 11 is 0. The molecular formula is C47H82. The van der Waals surface area contributed by atoms with Crippen LogP contribution in [0.4, 0.5) is 0 Å². The van der Waals surface area contributed by atoms with Gasteiger partial charge in [-0.3, -0.25) is 0 Å². The molecular weight excluding hydrogens is 565 g/mol. The SMILES string of the molecule is C1CCCC(C2CCC(C3CCCC(C4CCC(C5CCCC(C6CCC(C7CCCCCCC7)C6)CCC5)C4)CCC3)C2)CCC1. The maximum atomic E-state index is 1.64. The smallest absolute Gasteiger partial charge is 0.0383 e. The van der Waals surface area contributed by atoms with Crippen molar-refractivity contribution in [3.05, 3.63) is 0 Å². The second-order valence-corrected chi connectivity index (χ2v) is 20.0. The Morgan fingerprint density at radius 2 is 0.298 bits per heavy atom. The zero-order valence-electron chi connectivity index (χ0n) is 31.7. The summed E-state index contributed by atoms with van der Waals surface area (Å²) in [4.78, 5) is 0. The zero-order chi connectivity index (χ0) is 31.7. The van der Waals surface area contributed by atoms with Crippen LogP contribution in [-0.4, -0.2) is 0 Å². The maximum absolute atomic E-state index is 1.64. The van der Waals surface area contributed by atoms with E-state index in [1.165, 1.54) is 38.5 Å². The van der Waals surface area contributed by atoms with Crippen LogP contribution in [0.3, 0.4) is 0 Å². The van der Waals surface area contributed by atoms with Gasteiger partial charge in [-0.1, -0.05) is 167 Å². The van der Waals surface area contributed by atoms with E-state index in [-0.39, 0.29) is 0 Å². The van der Waals surface area contributed by atoms with Crippen molar-refractivity contribution < 1.29 is 0 Å². The van der Waals surface area contributed by atoms with E-state index in [1.807, 2.05) is 0 Å². The summed E-state index contributed by atoms with van der Waals surface area (Å²) in [6.07, 6.45) is 55.2. The predicted octanol–water partition coefficient (Wildman–Crippen LogP) is 15.1. The predicted molar refractivity (Wildman–Crippen MR) is 203 cm³/mol. The van der Waals surface area contributed by atoms with Gasteiger partial charge in [0.2, 0.25) is 0 Å². The Balaban J connectivity index is 0.803. The molecule has 0 aliphatic heterocycles. The van der Waals surface area contributed by atoms with E-state index in [2.05, 4.69) is 0 Å². The molecule has 270 valence electrons. The molecule has 0 nitrogen and oxygen atoms in total. The van der Waals surface area contributed by atoms with E-state index in [0.29, 0.717) is 0 Å². The van der Waals surface area contributed by atoms with Gasteiger partial charge in [-0.2, -0.15) is 0 Å². The fourth-order valence-electron chi connectivity index (χ4n) is 14.7. The second kappa shape index (κ2) is 18.5. The first kappa shape index (κ1) is 35.4. The average molecular weight is 647 g/mol. The molecule has 0 aromatic heterocycles. The lowest BCUT2D eigenvalue weighted by molar-refractivity contribution is 0.182. The third-order valence-corrected chi connectivity index (χ3v) is 17.4. The minimum atomic E-state index is 1.10. The van der Waals surface area contributed by atoms with Gasteiger partial charge in [0.15, 0.2) is 0 Å². The van der Waals surface area contributed by atoms with Crippen molar-refractivity contribution >= 4 is 0 Å². The van der Waals surface area contributed by atoms with Gasteiger partial charge in [0.25, 0.3) is 0 Å². The van der Waals surface area contributed by atoms with Gasteiger partial charge in [0.1, 0.15) is 0 Å². The first-order valence-corrected chi connectivity index (χ1v) is 23.3. The Bertz CT molecular complexity index is 767. The van der Waals surface area contributed by atoms with Crippen molar-refractivity contribution in [3.8, 4) is 0 Å². The van der Waals surface area contributed by atoms with Crippen molar-refractivity contribution in [1.82, 2.24) is 0 Å². The fraction of sp³-hybridized carbons (Fsp3) is 1.00. The van der Waals surface area contributed by atoms with Crippen LogP contribution in [0.2, 0.25) is 0 Å². The van der Waals surface area contributed by atoms with Crippen LogP contribution >= 0.6 is 0 Å². The van der Waals surface area contributed by atoms with E-state index in [4.69, 9.17) is 0 Å². The van der Waals surface area contributed by atoms with Crippen molar-refractivity contribution in [2.75, 3.05) is 0 Å². The molecule has 6 atom stereocenters. The zero-order valence-corrected chi connectivity index (χ0v) is 31.7. The van der Waals surface area contributed by atoms with E-state index in [9.17, 15) is 0 Å². The summed E-state index contributed by atoms with van der Waals surface area (Å²) in [6, 6.07) is 0. The van der Waals surface area contributed by atoms with Crippen LogP contribution in [0.25, 0.3) is 0 Å². The average Bonchev–Trinajstić information content (AvgIpc) is 3.79. The van der Waals surface area contributed by atoms with Gasteiger partial charge in [-0.15, -0.1) is 0 Å². The minimum absolute atomic E-state index is 1.10. The highest BCUT2D eigenvalue weighted by Gasteiger charge is 2.39. The molecule has 0 saturated heterocycles. The molecule has 7 saturated carbocycles. The largest absolute Gasteiger partial charge is 0.0533 e. The molecule has 7 aliphatic rings. The third-order valence-electron chi connectivity index (χ3n) is 17.4. The van der Waals surface area contributed by atoms with E-state index in [1.54, 1.807) is 186 Å². The Hall–Kier alpha value is 0. The second-order valence-electron chi connectivity index (χ2n) is 20.0. The highest BCUT2D eigenvalue weighted by molar-refractivity contribution is 4.90. The molecule has 0 spiro atoms. The highest BCUT2D eigenvalue weighted by Crippen LogP contribution is 2.51. The first-order valence-electron chi connectivity index (χ1n) is 23.3. The minimum Gasteiger partial charge on any atom is -0.0533 e. The topological polar surface area (TPSA) is 0 Å². The van der Waals surface area contributed by atoms with E-state index >= 15 is 0 Å². The van der Waals surface area contributed by atoms with Gasteiger partial charge in [0.05, 0.1) is 0 Å². The fourth-order valence-corrected chi connectivity index (χ4v) is 14.7. The lowest BCUT2D eigenvalue weighted by Gasteiger charge is -2.33. The van der Waals surface area contributed by atoms with Gasteiger partial charge >= 0.3 is 0 Å². The Kier molecular flexibility index (Phi) is 13.9. The third kappa shape index (κ3) is 9.87. The Labute approximate surface area is 294 Å². The molecule has 0 bridgehead atoms. The molecule has 0 heterocycles. The molecule has 0 N–H and O–H groups in total. The van der Waals surface area contributed by atoms with Crippen LogP contribution in [0, 0.1) is 71.0 Å². The van der Waals surface area contributed by atoms with Gasteiger partial charge < -0.3 is 0 Å². The van der Waals surface area contributed by atoms with Crippen LogP contribution in [0.1, 0.15) is 225 Å². The van der Waals surface area contributed by atoms with Crippen molar-refractivity contribution in [1.29, 1.82) is 0 Å². The first-order chi connectivity index (χ1) is 23.3. The Morgan fingerprint density at radius 1 is 0.128 bits per heavy atom. The molecule has 7 aliphatic carbocycles. The molecule has 0 amide bonds. The molecule has 0 heteroatoms. The summed E-state index contributed by atoms with van der Waals surface area (Å²) in [6.45, 7) is 0. The van der Waals surface area contributed by atoms with E-state index < -0.39 is 0 Å². The summed E-state index contributed by atoms with van der Waals surface area (Å²) in [7, 11) is 0. The number of hydrogen-bond donors (Lipinski definition) is 0. The number of hydrogen-bond acceptors (Lipinski definition) is 0. The summed E-state index contributed by atoms with van der Waals surface area (Å²) in [5.41, 5.74) is 0. The van der Waals surface area contributed by atoms with Gasteiger partial charge in [-0.25, -0.2) is 0 Å². The molecule has 0 aromatic rings. The maximum Gasteiger partial charge on any atom is -0.0383 e. The number of rotatable bonds is 6. The monoisotopic (exact) mass is 647 g/mol. The summed E-state index contributed by atoms with van der Waals surface area (Å²) < 4.78 is 0. The van der Waals surface area contributed by atoms with Crippen LogP contribution < -0.4 is 0 Å². The highest BCUT2D eigenvalue weighted by atomic mass is 14.4. The van der Waals surface area contributed by atoms with Gasteiger partial charge in [-0.05, 0) is 129 Å². The van der Waals surface area contributed by atoms with Crippen LogP contribution in [0.5, 0.6) is 0 Å². The van der Waals surface area contributed by atoms with Crippen molar-refractivity contribution in [2.24, 2.45) is 71.0 Å². The summed E-state index contributed by atoms with van der Waals surface area (Å²) in [5, 5.41) is 0. The quantitative estimate of drug-likeness (QED) is 0.269. The van der Waals surface area contributed by atoms with Crippen LogP contribution in [-0.2, 0) is 0 Å². The molecule has 7 fully saturated rings. The molecule has 47 heavy (non-hydrogen) atoms. The van der Waals surface area contributed by atoms with Gasteiger partial charge in [0, 0.05) is 0 Å². The molecule has 7 rings (SSSR count). The Morgan fingerprint density at radius 3 is 0.511 bits per heavy atom. The van der Waals surface area contributed by atoms with E-state index in [0.717, 1.165) is 71.0 Å². The lowest BCUT2D eigenvalue weighted by atomic mass is 9.73. The van der Waals surface area contributed by atoms with Crippen molar-refractivity contribution in [2.45, 2.75) is 225 Å². The van der Waals surface area contributed by atoms with Crippen LogP contribution in [0.15, 0.2) is 0 Å². The molecule has 6 unspecified atom stereocenters. The van der Waals surface area contributed by atoms with Crippen molar-refractivity contribution in [3.63, 3.8) is 0 Å². The standard InChI is InChI=1S/C47H82/c1-3-7-15-36(16-8-4-1)42-27-29-44(33-42)38-19-11-23-40(24-12-20-38)46-31-32-47(35-46)41-25-13-21-39(22-14-26-41)45-30-28-43(34-45)37-17-9-5-2-6-10-18-37/h36-47H,1-35H2. The summed E-state index contributed by atoms with van der Waals surface area (Å²) in [5.74, 6) is 13.3.